The van der Waals surface area contributed by atoms with Crippen molar-refractivity contribution in [2.75, 3.05) is 26.5 Å². The Labute approximate surface area is 198 Å². The van der Waals surface area contributed by atoms with Crippen molar-refractivity contribution >= 4 is 32.7 Å². The van der Waals surface area contributed by atoms with Crippen LogP contribution in [0.1, 0.15) is 17.9 Å². The summed E-state index contributed by atoms with van der Waals surface area (Å²) in [7, 11) is -2.47. The van der Waals surface area contributed by atoms with Crippen LogP contribution in [0.4, 0.5) is 4.39 Å². The van der Waals surface area contributed by atoms with Gasteiger partial charge in [0.15, 0.2) is 5.76 Å². The standard InChI is InChI=1S/C22H21ClFNO8S/c1-25-6-5-11(14(25)9-26)17-15(27)8-16(28)18-19(29)22(33-34(2,30)31)20(32-21(17)18)12-7-10(24)3-4-13(12)23/h3-4,7-8,11,14,26-28H,5-6,9H2,1-2H3. The average molecular weight is 514 g/mol. The maximum atomic E-state index is 14.1. The number of likely N-dealkylation sites (tertiary alicyclic amines) is 1. The van der Waals surface area contributed by atoms with E-state index in [4.69, 9.17) is 20.2 Å². The van der Waals surface area contributed by atoms with E-state index in [-0.39, 0.29) is 34.1 Å². The highest BCUT2D eigenvalue weighted by atomic mass is 35.5. The minimum atomic E-state index is -4.26. The van der Waals surface area contributed by atoms with Gasteiger partial charge >= 0.3 is 10.1 Å². The van der Waals surface area contributed by atoms with Crippen LogP contribution in [0.15, 0.2) is 33.5 Å². The summed E-state index contributed by atoms with van der Waals surface area (Å²) in [6.07, 6.45) is 1.19. The molecule has 0 radical (unpaired) electrons. The van der Waals surface area contributed by atoms with Crippen LogP contribution < -0.4 is 9.61 Å². The molecular formula is C22H21ClFNO8S. The number of halogens is 2. The lowest BCUT2D eigenvalue weighted by atomic mass is 9.89. The Balaban J connectivity index is 2.15. The summed E-state index contributed by atoms with van der Waals surface area (Å²) < 4.78 is 48.7. The molecule has 0 spiro atoms. The fourth-order valence-corrected chi connectivity index (χ4v) is 5.04. The van der Waals surface area contributed by atoms with E-state index in [1.165, 1.54) is 6.07 Å². The second kappa shape index (κ2) is 8.73. The number of hydrogen-bond acceptors (Lipinski definition) is 9. The number of aliphatic hydroxyl groups excluding tert-OH is 1. The molecule has 2 unspecified atom stereocenters. The van der Waals surface area contributed by atoms with E-state index >= 15 is 0 Å². The van der Waals surface area contributed by atoms with Crippen LogP contribution in [0.3, 0.4) is 0 Å². The summed E-state index contributed by atoms with van der Waals surface area (Å²) in [5.41, 5.74) is -1.35. The number of aliphatic hydroxyl groups is 1. The first kappa shape index (κ1) is 24.3. The zero-order chi connectivity index (χ0) is 24.9. The summed E-state index contributed by atoms with van der Waals surface area (Å²) in [5, 5.41) is 30.6. The number of fused-ring (bicyclic) bond motifs is 1. The first-order valence-electron chi connectivity index (χ1n) is 10.1. The second-order valence-electron chi connectivity index (χ2n) is 8.16. The number of hydrogen-bond donors (Lipinski definition) is 3. The Kier molecular flexibility index (Phi) is 6.23. The Morgan fingerprint density at radius 3 is 2.62 bits per heavy atom. The SMILES string of the molecule is CN1CCC(c2c(O)cc(O)c3c(=O)c(OS(C)(=O)=O)c(-c4cc(F)ccc4Cl)oc23)C1CO. The van der Waals surface area contributed by atoms with E-state index in [0.717, 1.165) is 18.2 Å². The Hall–Kier alpha value is -2.86. The summed E-state index contributed by atoms with van der Waals surface area (Å²) in [4.78, 5) is 15.3. The molecule has 0 aliphatic carbocycles. The topological polar surface area (TPSA) is 138 Å². The van der Waals surface area contributed by atoms with Crippen LogP contribution in [0.25, 0.3) is 22.3 Å². The Bertz CT molecular complexity index is 1460. The number of nitrogens with zero attached hydrogens (tertiary/aromatic N) is 1. The van der Waals surface area contributed by atoms with Gasteiger partial charge < -0.3 is 28.8 Å². The maximum Gasteiger partial charge on any atom is 0.306 e. The monoisotopic (exact) mass is 513 g/mol. The molecule has 3 N–H and O–H groups in total. The van der Waals surface area contributed by atoms with E-state index in [0.29, 0.717) is 19.2 Å². The third-order valence-corrected chi connectivity index (χ3v) is 6.71. The minimum Gasteiger partial charge on any atom is -0.507 e. The number of phenolic OH excluding ortho intramolecular Hbond substituents is 2. The molecule has 1 saturated heterocycles. The van der Waals surface area contributed by atoms with Crippen LogP contribution in [-0.4, -0.2) is 61.1 Å². The van der Waals surface area contributed by atoms with Crippen LogP contribution in [0.5, 0.6) is 17.2 Å². The van der Waals surface area contributed by atoms with Gasteiger partial charge in [0.1, 0.15) is 28.3 Å². The average Bonchev–Trinajstić information content (AvgIpc) is 3.10. The van der Waals surface area contributed by atoms with Crippen molar-refractivity contribution in [3.8, 4) is 28.6 Å². The molecule has 0 bridgehead atoms. The normalized spacial score (nSPS) is 19.1. The number of rotatable bonds is 5. The summed E-state index contributed by atoms with van der Waals surface area (Å²) >= 11 is 6.20. The van der Waals surface area contributed by atoms with Crippen molar-refractivity contribution in [1.29, 1.82) is 0 Å². The molecule has 2 atom stereocenters. The minimum absolute atomic E-state index is 0.0676. The molecule has 1 aromatic heterocycles. The van der Waals surface area contributed by atoms with Gasteiger partial charge in [-0.15, -0.1) is 0 Å². The molecule has 2 aromatic carbocycles. The van der Waals surface area contributed by atoms with Crippen molar-refractivity contribution < 1.29 is 36.7 Å². The van der Waals surface area contributed by atoms with Crippen LogP contribution in [0.2, 0.25) is 5.02 Å². The van der Waals surface area contributed by atoms with Crippen molar-refractivity contribution in [1.82, 2.24) is 4.90 Å². The zero-order valence-electron chi connectivity index (χ0n) is 18.1. The predicted molar refractivity (Wildman–Crippen MR) is 123 cm³/mol. The molecule has 1 aliphatic heterocycles. The Morgan fingerprint density at radius 2 is 1.97 bits per heavy atom. The molecule has 1 aliphatic rings. The summed E-state index contributed by atoms with van der Waals surface area (Å²) in [6, 6.07) is 3.70. The van der Waals surface area contributed by atoms with Gasteiger partial charge in [-0.2, -0.15) is 8.42 Å². The lowest BCUT2D eigenvalue weighted by Crippen LogP contribution is -2.32. The van der Waals surface area contributed by atoms with E-state index in [2.05, 4.69) is 0 Å². The number of phenols is 2. The molecule has 2 heterocycles. The summed E-state index contributed by atoms with van der Waals surface area (Å²) in [6.45, 7) is 0.310. The highest BCUT2D eigenvalue weighted by Gasteiger charge is 2.37. The van der Waals surface area contributed by atoms with Gasteiger partial charge in [0.2, 0.25) is 11.2 Å². The zero-order valence-corrected chi connectivity index (χ0v) is 19.7. The number of benzene rings is 2. The molecular weight excluding hydrogens is 493 g/mol. The van der Waals surface area contributed by atoms with Gasteiger partial charge in [-0.1, -0.05) is 11.6 Å². The third kappa shape index (κ3) is 4.20. The van der Waals surface area contributed by atoms with Crippen molar-refractivity contribution in [3.63, 3.8) is 0 Å². The molecule has 0 saturated carbocycles. The molecule has 34 heavy (non-hydrogen) atoms. The first-order chi connectivity index (χ1) is 15.9. The second-order valence-corrected chi connectivity index (χ2v) is 10.1. The lowest BCUT2D eigenvalue weighted by molar-refractivity contribution is 0.172. The number of aromatic hydroxyl groups is 2. The molecule has 9 nitrogen and oxygen atoms in total. The van der Waals surface area contributed by atoms with Crippen LogP contribution in [0, 0.1) is 5.82 Å². The van der Waals surface area contributed by atoms with Crippen molar-refractivity contribution in [3.05, 3.63) is 50.9 Å². The van der Waals surface area contributed by atoms with Crippen molar-refractivity contribution in [2.24, 2.45) is 0 Å². The smallest absolute Gasteiger partial charge is 0.306 e. The van der Waals surface area contributed by atoms with E-state index < -0.39 is 56.0 Å². The fraction of sp³-hybridized carbons (Fsp3) is 0.318. The largest absolute Gasteiger partial charge is 0.507 e. The van der Waals surface area contributed by atoms with E-state index in [1.54, 1.807) is 7.05 Å². The van der Waals surface area contributed by atoms with Gasteiger partial charge in [0, 0.05) is 29.2 Å². The Morgan fingerprint density at radius 1 is 1.26 bits per heavy atom. The van der Waals surface area contributed by atoms with Crippen LogP contribution >= 0.6 is 11.6 Å². The third-order valence-electron chi connectivity index (χ3n) is 5.91. The molecule has 0 amide bonds. The first-order valence-corrected chi connectivity index (χ1v) is 12.3. The van der Waals surface area contributed by atoms with E-state index in [9.17, 15) is 32.9 Å². The molecule has 3 aromatic rings. The highest BCUT2D eigenvalue weighted by molar-refractivity contribution is 7.86. The van der Waals surface area contributed by atoms with Gasteiger partial charge in [-0.25, -0.2) is 4.39 Å². The van der Waals surface area contributed by atoms with Gasteiger partial charge in [-0.3, -0.25) is 4.79 Å². The maximum absolute atomic E-state index is 14.1. The van der Waals surface area contributed by atoms with E-state index in [1.807, 2.05) is 4.90 Å². The van der Waals surface area contributed by atoms with Gasteiger partial charge in [-0.05, 0) is 38.2 Å². The predicted octanol–water partition coefficient (Wildman–Crippen LogP) is 2.78. The fourth-order valence-electron chi connectivity index (χ4n) is 4.38. The van der Waals surface area contributed by atoms with Crippen LogP contribution in [-0.2, 0) is 10.1 Å². The number of likely N-dealkylation sites (N-methyl/N-ethyl adjacent to an activating group) is 1. The molecule has 4 rings (SSSR count). The molecule has 182 valence electrons. The van der Waals surface area contributed by atoms with Gasteiger partial charge in [0.05, 0.1) is 17.9 Å². The quantitative estimate of drug-likeness (QED) is 0.439. The molecule has 12 heteroatoms. The van der Waals surface area contributed by atoms with Gasteiger partial charge in [0.25, 0.3) is 0 Å². The highest BCUT2D eigenvalue weighted by Crippen LogP contribution is 2.46. The lowest BCUT2D eigenvalue weighted by Gasteiger charge is -2.24. The molecule has 1 fully saturated rings. The summed E-state index contributed by atoms with van der Waals surface area (Å²) in [5.74, 6) is -3.63. The van der Waals surface area contributed by atoms with Crippen molar-refractivity contribution in [2.45, 2.75) is 18.4 Å².